The van der Waals surface area contributed by atoms with Crippen molar-refractivity contribution in [1.82, 2.24) is 9.80 Å². The van der Waals surface area contributed by atoms with Crippen LogP contribution in [-0.2, 0) is 20.7 Å². The number of anilines is 2. The molecule has 2 aliphatic rings. The van der Waals surface area contributed by atoms with Crippen LogP contribution in [0.2, 0.25) is 0 Å². The Labute approximate surface area is 219 Å². The van der Waals surface area contributed by atoms with Crippen molar-refractivity contribution < 1.29 is 28.8 Å². The number of hydrogen-bond donors (Lipinski definition) is 2. The minimum absolute atomic E-state index is 0.000739. The highest BCUT2D eigenvalue weighted by Gasteiger charge is 2.34. The Bertz CT molecular complexity index is 1230. The van der Waals surface area contributed by atoms with Crippen LogP contribution in [0.5, 0.6) is 0 Å². The fraction of sp³-hybridized carbons (Fsp3) is 0.423. The number of amides is 3. The van der Waals surface area contributed by atoms with Crippen LogP contribution in [0.15, 0.2) is 36.4 Å². The molecule has 1 fully saturated rings. The molecule has 0 radical (unpaired) electrons. The van der Waals surface area contributed by atoms with Gasteiger partial charge in [-0.3, -0.25) is 10.1 Å². The summed E-state index contributed by atoms with van der Waals surface area (Å²) in [7, 11) is 1.29. The van der Waals surface area contributed by atoms with Crippen molar-refractivity contribution >= 4 is 35.5 Å². The van der Waals surface area contributed by atoms with Crippen LogP contribution in [0.3, 0.4) is 0 Å². The van der Waals surface area contributed by atoms with E-state index in [1.165, 1.54) is 24.1 Å². The normalized spacial score (nSPS) is 17.6. The van der Waals surface area contributed by atoms with Crippen LogP contribution in [-0.4, -0.2) is 72.2 Å². The molecule has 0 spiro atoms. The summed E-state index contributed by atoms with van der Waals surface area (Å²) in [6.45, 7) is 2.89. The number of urea groups is 1. The molecule has 2 unspecified atom stereocenters. The summed E-state index contributed by atoms with van der Waals surface area (Å²) >= 11 is 0. The number of nitro groups is 1. The molecule has 3 N–H and O–H groups in total. The summed E-state index contributed by atoms with van der Waals surface area (Å²) in [5.41, 5.74) is 8.04. The van der Waals surface area contributed by atoms with E-state index < -0.39 is 23.2 Å². The lowest BCUT2D eigenvalue weighted by molar-refractivity contribution is -0.384. The fourth-order valence-electron chi connectivity index (χ4n) is 4.99. The van der Waals surface area contributed by atoms with Crippen molar-refractivity contribution in [2.75, 3.05) is 37.8 Å². The van der Waals surface area contributed by atoms with Gasteiger partial charge in [-0.15, -0.1) is 0 Å². The third kappa shape index (κ3) is 5.54. The summed E-state index contributed by atoms with van der Waals surface area (Å²) in [5, 5.41) is 14.4. The number of carbonyl (C=O) groups is 3. The molecule has 1 saturated heterocycles. The first-order chi connectivity index (χ1) is 18.2. The van der Waals surface area contributed by atoms with E-state index in [0.29, 0.717) is 44.3 Å². The molecule has 4 rings (SSSR count). The lowest BCUT2D eigenvalue weighted by Gasteiger charge is -2.38. The minimum atomic E-state index is -1.30. The predicted octanol–water partition coefficient (Wildman–Crippen LogP) is 3.43. The van der Waals surface area contributed by atoms with Gasteiger partial charge in [-0.1, -0.05) is 24.3 Å². The van der Waals surface area contributed by atoms with Crippen molar-refractivity contribution in [3.8, 4) is 0 Å². The fourth-order valence-corrected chi connectivity index (χ4v) is 4.99. The highest BCUT2D eigenvalue weighted by atomic mass is 16.7. The Morgan fingerprint density at radius 2 is 1.95 bits per heavy atom. The Morgan fingerprint density at radius 1 is 1.24 bits per heavy atom. The van der Waals surface area contributed by atoms with E-state index in [2.05, 4.69) is 5.32 Å². The van der Waals surface area contributed by atoms with Crippen LogP contribution in [0.4, 0.5) is 26.7 Å². The topological polar surface area (TPSA) is 157 Å². The Morgan fingerprint density at radius 3 is 2.61 bits per heavy atom. The quantitative estimate of drug-likeness (QED) is 0.183. The van der Waals surface area contributed by atoms with Gasteiger partial charge in [-0.25, -0.2) is 9.59 Å². The number of fused-ring (bicyclic) bond motifs is 1. The summed E-state index contributed by atoms with van der Waals surface area (Å²) in [4.78, 5) is 51.8. The lowest BCUT2D eigenvalue weighted by Crippen LogP contribution is -2.50. The smallest absolute Gasteiger partial charge is 0.412 e. The summed E-state index contributed by atoms with van der Waals surface area (Å²) in [6.07, 6.45) is 0.432. The average Bonchev–Trinajstić information content (AvgIpc) is 3.08. The lowest BCUT2D eigenvalue weighted by atomic mass is 9.96. The molecule has 0 bridgehead atoms. The van der Waals surface area contributed by atoms with E-state index in [9.17, 15) is 24.5 Å². The molecule has 2 aliphatic heterocycles. The Hall–Kier alpha value is -4.19. The van der Waals surface area contributed by atoms with Crippen molar-refractivity contribution in [3.63, 3.8) is 0 Å². The molecule has 2 heterocycles. The van der Waals surface area contributed by atoms with Crippen molar-refractivity contribution in [2.45, 2.75) is 44.4 Å². The second-order valence-corrected chi connectivity index (χ2v) is 9.43. The van der Waals surface area contributed by atoms with Crippen LogP contribution in [0, 0.1) is 17.0 Å². The molecular weight excluding hydrogens is 494 g/mol. The van der Waals surface area contributed by atoms with E-state index in [4.69, 9.17) is 15.2 Å². The third-order valence-corrected chi connectivity index (χ3v) is 7.16. The van der Waals surface area contributed by atoms with Gasteiger partial charge in [0.15, 0.2) is 0 Å². The van der Waals surface area contributed by atoms with E-state index in [1.807, 2.05) is 29.2 Å². The number of nitrogens with two attached hydrogens (primary N) is 1. The zero-order valence-corrected chi connectivity index (χ0v) is 21.3. The second-order valence-electron chi connectivity index (χ2n) is 9.43. The summed E-state index contributed by atoms with van der Waals surface area (Å²) < 4.78 is 10.8. The standard InChI is InChI=1S/C26H31N5O7/c1-16-13-18(14-22(23(16)27)31(35)36)20(15-32)24(37-2)38-26(34)29-10-8-19(9-11-29)30-12-7-17-5-3-4-6-21(17)28-25(30)33/h3-6,13-15,19-20,24H,7-12,27H2,1-2H3,(H,28,33). The number of hydrogen-bond acceptors (Lipinski definition) is 8. The zero-order chi connectivity index (χ0) is 27.4. The number of benzene rings is 2. The largest absolute Gasteiger partial charge is 0.418 e. The number of rotatable bonds is 7. The molecule has 12 nitrogen and oxygen atoms in total. The van der Waals surface area contributed by atoms with Gasteiger partial charge in [-0.05, 0) is 48.9 Å². The number of aryl methyl sites for hydroxylation is 1. The van der Waals surface area contributed by atoms with Gasteiger partial charge in [0.2, 0.25) is 6.29 Å². The van der Waals surface area contributed by atoms with E-state index in [1.54, 1.807) is 6.92 Å². The van der Waals surface area contributed by atoms with Gasteiger partial charge >= 0.3 is 12.1 Å². The highest BCUT2D eigenvalue weighted by Crippen LogP contribution is 2.32. The molecular formula is C26H31N5O7. The number of piperidine rings is 1. The van der Waals surface area contributed by atoms with Crippen LogP contribution in [0.25, 0.3) is 0 Å². The number of ether oxygens (including phenoxy) is 2. The molecule has 38 heavy (non-hydrogen) atoms. The molecule has 0 aromatic heterocycles. The van der Waals surface area contributed by atoms with E-state index in [0.717, 1.165) is 17.7 Å². The molecule has 2 atom stereocenters. The zero-order valence-electron chi connectivity index (χ0n) is 21.3. The number of nitro benzene ring substituents is 1. The van der Waals surface area contributed by atoms with Gasteiger partial charge in [-0.2, -0.15) is 0 Å². The van der Waals surface area contributed by atoms with E-state index >= 15 is 0 Å². The van der Waals surface area contributed by atoms with Crippen molar-refractivity contribution in [3.05, 3.63) is 63.2 Å². The first kappa shape index (κ1) is 26.9. The highest BCUT2D eigenvalue weighted by molar-refractivity contribution is 5.91. The first-order valence-corrected chi connectivity index (χ1v) is 12.4. The number of nitrogens with zero attached hydrogens (tertiary/aromatic N) is 3. The number of carbonyl (C=O) groups excluding carboxylic acids is 3. The van der Waals surface area contributed by atoms with Gasteiger partial charge < -0.3 is 35.1 Å². The van der Waals surface area contributed by atoms with Gasteiger partial charge in [0.25, 0.3) is 5.69 Å². The number of likely N-dealkylation sites (tertiary alicyclic amines) is 1. The minimum Gasteiger partial charge on any atom is -0.418 e. The molecule has 202 valence electrons. The average molecular weight is 526 g/mol. The number of nitrogen functional groups attached to an aromatic ring is 1. The predicted molar refractivity (Wildman–Crippen MR) is 139 cm³/mol. The van der Waals surface area contributed by atoms with Crippen molar-refractivity contribution in [2.24, 2.45) is 0 Å². The number of para-hydroxylation sites is 1. The van der Waals surface area contributed by atoms with Crippen LogP contribution < -0.4 is 11.1 Å². The monoisotopic (exact) mass is 525 g/mol. The summed E-state index contributed by atoms with van der Waals surface area (Å²) in [5.74, 6) is -1.10. The SMILES string of the molecule is COC(OC(=O)N1CCC(N2CCc3ccccc3NC2=O)CC1)C(C=O)c1cc(C)c(N)c([N+](=O)[O-])c1. The maximum absolute atomic E-state index is 13.0. The van der Waals surface area contributed by atoms with Crippen LogP contribution >= 0.6 is 0 Å². The second kappa shape index (κ2) is 11.5. The van der Waals surface area contributed by atoms with Gasteiger partial charge in [0.05, 0.1) is 4.92 Å². The van der Waals surface area contributed by atoms with E-state index in [-0.39, 0.29) is 29.0 Å². The molecule has 3 amide bonds. The maximum atomic E-state index is 13.0. The Balaban J connectivity index is 1.38. The summed E-state index contributed by atoms with van der Waals surface area (Å²) in [6, 6.07) is 10.3. The third-order valence-electron chi connectivity index (χ3n) is 7.16. The molecule has 2 aromatic rings. The molecule has 12 heteroatoms. The molecule has 0 saturated carbocycles. The number of methoxy groups -OCH3 is 1. The number of aldehydes is 1. The van der Waals surface area contributed by atoms with Gasteiger partial charge in [0.1, 0.15) is 17.9 Å². The van der Waals surface area contributed by atoms with Crippen LogP contribution in [0.1, 0.15) is 35.4 Å². The maximum Gasteiger partial charge on any atom is 0.412 e. The molecule has 2 aromatic carbocycles. The first-order valence-electron chi connectivity index (χ1n) is 12.4. The molecule has 0 aliphatic carbocycles. The van der Waals surface area contributed by atoms with Crippen molar-refractivity contribution in [1.29, 1.82) is 0 Å². The Kier molecular flexibility index (Phi) is 8.10. The number of nitrogens with one attached hydrogen (secondary N) is 1. The van der Waals surface area contributed by atoms with Gasteiger partial charge in [0, 0.05) is 44.5 Å².